The molecule has 2 N–H and O–H groups in total. The molecule has 1 aromatic heterocycles. The Morgan fingerprint density at radius 2 is 1.94 bits per heavy atom. The van der Waals surface area contributed by atoms with Gasteiger partial charge >= 0.3 is 0 Å². The van der Waals surface area contributed by atoms with Gasteiger partial charge in [-0.1, -0.05) is 0 Å². The molecule has 0 saturated carbocycles. The molecule has 0 unspecified atom stereocenters. The number of aromatic nitrogens is 2. The van der Waals surface area contributed by atoms with Gasteiger partial charge in [0.1, 0.15) is 17.4 Å². The van der Waals surface area contributed by atoms with Crippen molar-refractivity contribution < 1.29 is 4.74 Å². The summed E-state index contributed by atoms with van der Waals surface area (Å²) < 4.78 is 5.13. The summed E-state index contributed by atoms with van der Waals surface area (Å²) in [4.78, 5) is 10.4. The summed E-state index contributed by atoms with van der Waals surface area (Å²) in [7, 11) is 3.60. The van der Waals surface area contributed by atoms with E-state index in [9.17, 15) is 0 Å². The highest BCUT2D eigenvalue weighted by Crippen LogP contribution is 2.23. The summed E-state index contributed by atoms with van der Waals surface area (Å²) in [6, 6.07) is 9.63. The Hall–Kier alpha value is -2.14. The molecule has 0 aliphatic rings. The van der Waals surface area contributed by atoms with Crippen LogP contribution in [-0.2, 0) is 6.54 Å². The van der Waals surface area contributed by atoms with Gasteiger partial charge in [-0.3, -0.25) is 0 Å². The van der Waals surface area contributed by atoms with Crippen molar-refractivity contribution in [1.29, 1.82) is 0 Å². The molecule has 0 radical (unpaired) electrons. The lowest BCUT2D eigenvalue weighted by Crippen LogP contribution is -2.13. The SMILES string of the molecule is COc1ccc(N(C)c2ccnc(CN)n2)cc1. The molecule has 18 heavy (non-hydrogen) atoms. The van der Waals surface area contributed by atoms with Crippen molar-refractivity contribution in [1.82, 2.24) is 9.97 Å². The van der Waals surface area contributed by atoms with Crippen LogP contribution in [0.2, 0.25) is 0 Å². The van der Waals surface area contributed by atoms with Crippen molar-refractivity contribution in [3.8, 4) is 5.75 Å². The van der Waals surface area contributed by atoms with Gasteiger partial charge in [0.2, 0.25) is 0 Å². The van der Waals surface area contributed by atoms with Crippen molar-refractivity contribution in [2.75, 3.05) is 19.1 Å². The maximum absolute atomic E-state index is 5.54. The lowest BCUT2D eigenvalue weighted by molar-refractivity contribution is 0.415. The zero-order valence-electron chi connectivity index (χ0n) is 10.5. The van der Waals surface area contributed by atoms with Gasteiger partial charge < -0.3 is 15.4 Å². The predicted molar refractivity (Wildman–Crippen MR) is 71.0 cm³/mol. The predicted octanol–water partition coefficient (Wildman–Crippen LogP) is 1.71. The van der Waals surface area contributed by atoms with Crippen LogP contribution in [-0.4, -0.2) is 24.1 Å². The molecule has 0 spiro atoms. The Morgan fingerprint density at radius 3 is 2.56 bits per heavy atom. The summed E-state index contributed by atoms with van der Waals surface area (Å²) in [6.45, 7) is 0.338. The Bertz CT molecular complexity index is 513. The average molecular weight is 244 g/mol. The van der Waals surface area contributed by atoms with Gasteiger partial charge in [0.25, 0.3) is 0 Å². The maximum Gasteiger partial charge on any atom is 0.144 e. The molecule has 1 aromatic carbocycles. The van der Waals surface area contributed by atoms with Crippen LogP contribution >= 0.6 is 0 Å². The zero-order valence-corrected chi connectivity index (χ0v) is 10.5. The summed E-state index contributed by atoms with van der Waals surface area (Å²) in [5.41, 5.74) is 6.56. The second-order valence-corrected chi connectivity index (χ2v) is 3.79. The summed E-state index contributed by atoms with van der Waals surface area (Å²) in [5.74, 6) is 2.28. The molecule has 0 aliphatic heterocycles. The van der Waals surface area contributed by atoms with E-state index in [1.807, 2.05) is 42.3 Å². The van der Waals surface area contributed by atoms with E-state index in [-0.39, 0.29) is 0 Å². The van der Waals surface area contributed by atoms with Crippen LogP contribution in [0, 0.1) is 0 Å². The van der Waals surface area contributed by atoms with E-state index in [0.717, 1.165) is 17.3 Å². The first-order chi connectivity index (χ1) is 8.74. The van der Waals surface area contributed by atoms with Gasteiger partial charge in [0.05, 0.1) is 13.7 Å². The summed E-state index contributed by atoms with van der Waals surface area (Å²) >= 11 is 0. The van der Waals surface area contributed by atoms with E-state index < -0.39 is 0 Å². The number of hydrogen-bond donors (Lipinski definition) is 1. The van der Waals surface area contributed by atoms with Crippen LogP contribution in [0.4, 0.5) is 11.5 Å². The molecule has 0 aliphatic carbocycles. The number of rotatable bonds is 4. The largest absolute Gasteiger partial charge is 0.497 e. The topological polar surface area (TPSA) is 64.3 Å². The Kier molecular flexibility index (Phi) is 3.74. The quantitative estimate of drug-likeness (QED) is 0.887. The van der Waals surface area contributed by atoms with Gasteiger partial charge in [-0.15, -0.1) is 0 Å². The molecule has 0 amide bonds. The van der Waals surface area contributed by atoms with Crippen molar-refractivity contribution >= 4 is 11.5 Å². The van der Waals surface area contributed by atoms with Crippen LogP contribution in [0.5, 0.6) is 5.75 Å². The number of hydrogen-bond acceptors (Lipinski definition) is 5. The van der Waals surface area contributed by atoms with Crippen LogP contribution in [0.15, 0.2) is 36.5 Å². The monoisotopic (exact) mass is 244 g/mol. The first-order valence-corrected chi connectivity index (χ1v) is 5.64. The third kappa shape index (κ3) is 2.57. The maximum atomic E-state index is 5.54. The number of benzene rings is 1. The Labute approximate surface area is 106 Å². The first kappa shape index (κ1) is 12.3. The number of anilines is 2. The van der Waals surface area contributed by atoms with Gasteiger partial charge in [0.15, 0.2) is 0 Å². The molecule has 1 heterocycles. The van der Waals surface area contributed by atoms with E-state index in [1.165, 1.54) is 0 Å². The second-order valence-electron chi connectivity index (χ2n) is 3.79. The average Bonchev–Trinajstić information content (AvgIpc) is 2.46. The minimum absolute atomic E-state index is 0.338. The highest BCUT2D eigenvalue weighted by atomic mass is 16.5. The third-order valence-corrected chi connectivity index (χ3v) is 2.68. The number of nitrogens with zero attached hydrogens (tertiary/aromatic N) is 3. The normalized spacial score (nSPS) is 10.2. The molecule has 5 nitrogen and oxygen atoms in total. The molecule has 0 saturated heterocycles. The lowest BCUT2D eigenvalue weighted by atomic mass is 10.3. The fraction of sp³-hybridized carbons (Fsp3) is 0.231. The molecular formula is C13H16N4O. The van der Waals surface area contributed by atoms with E-state index in [0.29, 0.717) is 12.4 Å². The minimum atomic E-state index is 0.338. The van der Waals surface area contributed by atoms with Crippen LogP contribution in [0.1, 0.15) is 5.82 Å². The molecule has 94 valence electrons. The van der Waals surface area contributed by atoms with E-state index in [4.69, 9.17) is 10.5 Å². The smallest absolute Gasteiger partial charge is 0.144 e. The molecular weight excluding hydrogens is 228 g/mol. The van der Waals surface area contributed by atoms with Gasteiger partial charge in [-0.05, 0) is 30.3 Å². The standard InChI is InChI=1S/C13H16N4O/c1-17(10-3-5-11(18-2)6-4-10)13-7-8-15-12(9-14)16-13/h3-8H,9,14H2,1-2H3. The second kappa shape index (κ2) is 5.46. The molecule has 2 rings (SSSR count). The first-order valence-electron chi connectivity index (χ1n) is 5.64. The highest BCUT2D eigenvalue weighted by molar-refractivity contribution is 5.59. The Morgan fingerprint density at radius 1 is 1.22 bits per heavy atom. The van der Waals surface area contributed by atoms with E-state index >= 15 is 0 Å². The Balaban J connectivity index is 2.25. The molecule has 0 atom stereocenters. The highest BCUT2D eigenvalue weighted by Gasteiger charge is 2.06. The molecule has 0 bridgehead atoms. The number of methoxy groups -OCH3 is 1. The lowest BCUT2D eigenvalue weighted by Gasteiger charge is -2.18. The van der Waals surface area contributed by atoms with Gasteiger partial charge in [0, 0.05) is 18.9 Å². The van der Waals surface area contributed by atoms with Crippen LogP contribution in [0.25, 0.3) is 0 Å². The van der Waals surface area contributed by atoms with E-state index in [1.54, 1.807) is 13.3 Å². The molecule has 2 aromatic rings. The van der Waals surface area contributed by atoms with Gasteiger partial charge in [-0.25, -0.2) is 9.97 Å². The van der Waals surface area contributed by atoms with Crippen molar-refractivity contribution in [2.24, 2.45) is 5.73 Å². The minimum Gasteiger partial charge on any atom is -0.497 e. The molecule has 5 heteroatoms. The summed E-state index contributed by atoms with van der Waals surface area (Å²) in [6.07, 6.45) is 1.71. The van der Waals surface area contributed by atoms with Crippen molar-refractivity contribution in [2.45, 2.75) is 6.54 Å². The van der Waals surface area contributed by atoms with Crippen molar-refractivity contribution in [3.63, 3.8) is 0 Å². The van der Waals surface area contributed by atoms with Gasteiger partial charge in [-0.2, -0.15) is 0 Å². The van der Waals surface area contributed by atoms with Crippen LogP contribution in [0.3, 0.4) is 0 Å². The fourth-order valence-corrected chi connectivity index (χ4v) is 1.61. The fourth-order valence-electron chi connectivity index (χ4n) is 1.61. The number of nitrogens with two attached hydrogens (primary N) is 1. The molecule has 0 fully saturated rings. The van der Waals surface area contributed by atoms with Crippen LogP contribution < -0.4 is 15.4 Å². The zero-order chi connectivity index (χ0) is 13.0. The number of ether oxygens (including phenoxy) is 1. The van der Waals surface area contributed by atoms with E-state index in [2.05, 4.69) is 9.97 Å². The summed E-state index contributed by atoms with van der Waals surface area (Å²) in [5, 5.41) is 0. The van der Waals surface area contributed by atoms with Crippen molar-refractivity contribution in [3.05, 3.63) is 42.4 Å². The third-order valence-electron chi connectivity index (χ3n) is 2.68.